The van der Waals surface area contributed by atoms with Crippen molar-refractivity contribution in [3.8, 4) is 0 Å². The molecule has 1 atom stereocenters. The molecule has 0 spiro atoms. The second-order valence-corrected chi connectivity index (χ2v) is 5.11. The smallest absolute Gasteiger partial charge is 0.202 e. The fourth-order valence-corrected chi connectivity index (χ4v) is 2.50. The van der Waals surface area contributed by atoms with Crippen LogP contribution in [0.3, 0.4) is 0 Å². The Morgan fingerprint density at radius 1 is 1.42 bits per heavy atom. The van der Waals surface area contributed by atoms with Crippen molar-refractivity contribution in [1.29, 1.82) is 0 Å². The molecule has 104 valence electrons. The van der Waals surface area contributed by atoms with Crippen LogP contribution in [0.1, 0.15) is 26.8 Å². The summed E-state index contributed by atoms with van der Waals surface area (Å²) in [6.45, 7) is 9.41. The molecule has 2 rings (SSSR count). The number of nitrogen functional groups attached to an aromatic ring is 1. The van der Waals surface area contributed by atoms with Crippen LogP contribution < -0.4 is 5.73 Å². The van der Waals surface area contributed by atoms with Crippen LogP contribution in [0, 0.1) is 0 Å². The summed E-state index contributed by atoms with van der Waals surface area (Å²) in [6.07, 6.45) is 1.63. The van der Waals surface area contributed by atoms with Crippen LogP contribution in [0.2, 0.25) is 5.02 Å². The average molecular weight is 282 g/mol. The molecule has 0 amide bonds. The standard InChI is InChI=1S/C13H20ClN5/c1-4-18(5-2)8-9(3)19-12-11(17-13(19)15)6-10(14)7-16-12/h6-7,9H,4-5,8H2,1-3H3,(H2,15,17). The average Bonchev–Trinajstić information content (AvgIpc) is 2.70. The van der Waals surface area contributed by atoms with Crippen LogP contribution in [0.25, 0.3) is 11.2 Å². The highest BCUT2D eigenvalue weighted by molar-refractivity contribution is 6.31. The molecular formula is C13H20ClN5. The van der Waals surface area contributed by atoms with Gasteiger partial charge in [-0.2, -0.15) is 0 Å². The summed E-state index contributed by atoms with van der Waals surface area (Å²) >= 11 is 5.93. The van der Waals surface area contributed by atoms with E-state index in [-0.39, 0.29) is 6.04 Å². The third-order valence-electron chi connectivity index (χ3n) is 3.38. The largest absolute Gasteiger partial charge is 0.369 e. The zero-order valence-electron chi connectivity index (χ0n) is 11.6. The third kappa shape index (κ3) is 2.82. The summed E-state index contributed by atoms with van der Waals surface area (Å²) in [5.41, 5.74) is 7.55. The Labute approximate surface area is 118 Å². The first-order valence-electron chi connectivity index (χ1n) is 6.58. The summed E-state index contributed by atoms with van der Waals surface area (Å²) in [4.78, 5) is 11.0. The molecule has 2 N–H and O–H groups in total. The van der Waals surface area contributed by atoms with Crippen molar-refractivity contribution in [3.63, 3.8) is 0 Å². The van der Waals surface area contributed by atoms with Gasteiger partial charge in [0.25, 0.3) is 0 Å². The van der Waals surface area contributed by atoms with E-state index in [1.807, 2.05) is 4.57 Å². The number of halogens is 1. The van der Waals surface area contributed by atoms with Crippen molar-refractivity contribution in [2.45, 2.75) is 26.8 Å². The number of imidazole rings is 1. The van der Waals surface area contributed by atoms with Gasteiger partial charge in [0.15, 0.2) is 5.65 Å². The van der Waals surface area contributed by atoms with Gasteiger partial charge in [0.2, 0.25) is 5.95 Å². The molecule has 2 aromatic rings. The predicted octanol–water partition coefficient (Wildman–Crippen LogP) is 2.57. The molecule has 0 saturated carbocycles. The highest BCUT2D eigenvalue weighted by atomic mass is 35.5. The van der Waals surface area contributed by atoms with E-state index in [0.29, 0.717) is 11.0 Å². The van der Waals surface area contributed by atoms with Gasteiger partial charge in [0.1, 0.15) is 5.52 Å². The minimum Gasteiger partial charge on any atom is -0.369 e. The minimum atomic E-state index is 0.221. The van der Waals surface area contributed by atoms with Crippen LogP contribution in [-0.4, -0.2) is 39.1 Å². The van der Waals surface area contributed by atoms with Crippen LogP contribution in [0.4, 0.5) is 5.95 Å². The molecule has 0 aromatic carbocycles. The lowest BCUT2D eigenvalue weighted by atomic mass is 10.3. The SMILES string of the molecule is CCN(CC)CC(C)n1c(N)nc2cc(Cl)cnc21. The normalized spacial score (nSPS) is 13.3. The van der Waals surface area contributed by atoms with Crippen LogP contribution >= 0.6 is 11.6 Å². The molecule has 0 aliphatic heterocycles. The van der Waals surface area contributed by atoms with Crippen molar-refractivity contribution in [2.24, 2.45) is 0 Å². The summed E-state index contributed by atoms with van der Waals surface area (Å²) < 4.78 is 1.98. The summed E-state index contributed by atoms with van der Waals surface area (Å²) in [6, 6.07) is 2.01. The highest BCUT2D eigenvalue weighted by Crippen LogP contribution is 2.23. The maximum Gasteiger partial charge on any atom is 0.202 e. The lowest BCUT2D eigenvalue weighted by Crippen LogP contribution is -2.30. The zero-order chi connectivity index (χ0) is 14.0. The molecule has 0 bridgehead atoms. The van der Waals surface area contributed by atoms with E-state index >= 15 is 0 Å². The topological polar surface area (TPSA) is 60.0 Å². The fourth-order valence-electron chi connectivity index (χ4n) is 2.35. The Balaban J connectivity index is 2.36. The lowest BCUT2D eigenvalue weighted by Gasteiger charge is -2.24. The first-order valence-corrected chi connectivity index (χ1v) is 6.95. The zero-order valence-corrected chi connectivity index (χ0v) is 12.4. The van der Waals surface area contributed by atoms with Crippen molar-refractivity contribution in [3.05, 3.63) is 17.3 Å². The number of pyridine rings is 1. The van der Waals surface area contributed by atoms with E-state index in [1.54, 1.807) is 12.3 Å². The molecule has 0 aliphatic rings. The highest BCUT2D eigenvalue weighted by Gasteiger charge is 2.17. The van der Waals surface area contributed by atoms with E-state index in [0.717, 1.165) is 30.8 Å². The number of likely N-dealkylation sites (N-methyl/N-ethyl adjacent to an activating group) is 1. The summed E-state index contributed by atoms with van der Waals surface area (Å²) in [7, 11) is 0. The Hall–Kier alpha value is -1.33. The molecule has 1 unspecified atom stereocenters. The number of rotatable bonds is 5. The van der Waals surface area contributed by atoms with Crippen LogP contribution in [-0.2, 0) is 0 Å². The van der Waals surface area contributed by atoms with Gasteiger partial charge >= 0.3 is 0 Å². The number of hydrogen-bond donors (Lipinski definition) is 1. The second kappa shape index (κ2) is 5.75. The van der Waals surface area contributed by atoms with Crippen molar-refractivity contribution in [1.82, 2.24) is 19.4 Å². The molecule has 0 aliphatic carbocycles. The molecule has 5 nitrogen and oxygen atoms in total. The molecule has 6 heteroatoms. The summed E-state index contributed by atoms with van der Waals surface area (Å²) in [5.74, 6) is 0.490. The van der Waals surface area contributed by atoms with Gasteiger partial charge in [0, 0.05) is 18.8 Å². The van der Waals surface area contributed by atoms with Gasteiger partial charge in [-0.15, -0.1) is 0 Å². The van der Waals surface area contributed by atoms with Gasteiger partial charge in [0.05, 0.1) is 5.02 Å². The van der Waals surface area contributed by atoms with E-state index < -0.39 is 0 Å². The monoisotopic (exact) mass is 281 g/mol. The van der Waals surface area contributed by atoms with Crippen LogP contribution in [0.5, 0.6) is 0 Å². The number of hydrogen-bond acceptors (Lipinski definition) is 4. The minimum absolute atomic E-state index is 0.221. The maximum atomic E-state index is 6.01. The second-order valence-electron chi connectivity index (χ2n) is 4.67. The molecule has 2 heterocycles. The van der Waals surface area contributed by atoms with E-state index in [9.17, 15) is 0 Å². The molecule has 0 fully saturated rings. The molecule has 0 radical (unpaired) electrons. The van der Waals surface area contributed by atoms with E-state index in [1.165, 1.54) is 0 Å². The Morgan fingerprint density at radius 2 is 2.11 bits per heavy atom. The fraction of sp³-hybridized carbons (Fsp3) is 0.538. The Kier molecular flexibility index (Phi) is 4.27. The number of anilines is 1. The molecular weight excluding hydrogens is 262 g/mol. The lowest BCUT2D eigenvalue weighted by molar-refractivity contribution is 0.264. The molecule has 19 heavy (non-hydrogen) atoms. The van der Waals surface area contributed by atoms with Crippen molar-refractivity contribution in [2.75, 3.05) is 25.4 Å². The predicted molar refractivity (Wildman–Crippen MR) is 79.4 cm³/mol. The molecule has 0 saturated heterocycles. The van der Waals surface area contributed by atoms with Gasteiger partial charge in [-0.1, -0.05) is 25.4 Å². The maximum absolute atomic E-state index is 6.01. The van der Waals surface area contributed by atoms with Gasteiger partial charge in [-0.25, -0.2) is 9.97 Å². The Bertz CT molecular complexity index is 561. The van der Waals surface area contributed by atoms with Crippen molar-refractivity contribution < 1.29 is 0 Å². The third-order valence-corrected chi connectivity index (χ3v) is 3.59. The first kappa shape index (κ1) is 14.1. The van der Waals surface area contributed by atoms with Gasteiger partial charge in [-0.3, -0.25) is 4.57 Å². The summed E-state index contributed by atoms with van der Waals surface area (Å²) in [5, 5.41) is 0.577. The number of nitrogens with two attached hydrogens (primary N) is 1. The first-order chi connectivity index (χ1) is 9.06. The van der Waals surface area contributed by atoms with Crippen molar-refractivity contribution >= 4 is 28.7 Å². The Morgan fingerprint density at radius 3 is 2.74 bits per heavy atom. The molecule has 2 aromatic heterocycles. The number of fused-ring (bicyclic) bond motifs is 1. The number of nitrogens with zero attached hydrogens (tertiary/aromatic N) is 4. The number of aromatic nitrogens is 3. The van der Waals surface area contributed by atoms with Gasteiger partial charge < -0.3 is 10.6 Å². The van der Waals surface area contributed by atoms with Crippen LogP contribution in [0.15, 0.2) is 12.3 Å². The van der Waals surface area contributed by atoms with Gasteiger partial charge in [-0.05, 0) is 26.1 Å². The quantitative estimate of drug-likeness (QED) is 0.915. The van der Waals surface area contributed by atoms with E-state index in [4.69, 9.17) is 17.3 Å². The van der Waals surface area contributed by atoms with E-state index in [2.05, 4.69) is 35.6 Å².